The molecule has 0 spiro atoms. The molecule has 1 N–H and O–H groups in total. The Bertz CT molecular complexity index is 600. The fraction of sp³-hybridized carbons (Fsp3) is 0.467. The van der Waals surface area contributed by atoms with E-state index < -0.39 is 0 Å². The van der Waals surface area contributed by atoms with Crippen LogP contribution in [-0.2, 0) is 12.8 Å². The van der Waals surface area contributed by atoms with Crippen molar-refractivity contribution in [2.45, 2.75) is 25.0 Å². The summed E-state index contributed by atoms with van der Waals surface area (Å²) >= 11 is 1.97. The van der Waals surface area contributed by atoms with Gasteiger partial charge in [-0.25, -0.2) is 0 Å². The monoisotopic (exact) mass is 303 g/mol. The van der Waals surface area contributed by atoms with Crippen molar-refractivity contribution in [1.29, 1.82) is 0 Å². The zero-order chi connectivity index (χ0) is 14.1. The van der Waals surface area contributed by atoms with E-state index in [2.05, 4.69) is 21.5 Å². The SMILES string of the molecule is c1ccc2c(c1)CC(c1noc(CC3CSCCN3)n1)O2. The zero-order valence-corrected chi connectivity index (χ0v) is 12.4. The van der Waals surface area contributed by atoms with Crippen molar-refractivity contribution < 1.29 is 9.26 Å². The van der Waals surface area contributed by atoms with Gasteiger partial charge < -0.3 is 14.6 Å². The van der Waals surface area contributed by atoms with Gasteiger partial charge in [0.05, 0.1) is 0 Å². The molecule has 1 fully saturated rings. The predicted molar refractivity (Wildman–Crippen MR) is 80.6 cm³/mol. The van der Waals surface area contributed by atoms with Crippen molar-refractivity contribution in [3.8, 4) is 5.75 Å². The molecule has 1 aromatic carbocycles. The molecule has 0 amide bonds. The Morgan fingerprint density at radius 3 is 3.14 bits per heavy atom. The van der Waals surface area contributed by atoms with Gasteiger partial charge in [-0.2, -0.15) is 16.7 Å². The number of para-hydroxylation sites is 1. The molecule has 0 aliphatic carbocycles. The molecule has 2 aliphatic rings. The molecule has 2 aliphatic heterocycles. The van der Waals surface area contributed by atoms with E-state index >= 15 is 0 Å². The molecule has 5 nitrogen and oxygen atoms in total. The largest absolute Gasteiger partial charge is 0.482 e. The summed E-state index contributed by atoms with van der Waals surface area (Å²) in [7, 11) is 0. The maximum atomic E-state index is 5.89. The summed E-state index contributed by atoms with van der Waals surface area (Å²) in [6.45, 7) is 1.05. The van der Waals surface area contributed by atoms with Gasteiger partial charge >= 0.3 is 0 Å². The van der Waals surface area contributed by atoms with Crippen molar-refractivity contribution in [3.05, 3.63) is 41.5 Å². The number of rotatable bonds is 3. The summed E-state index contributed by atoms with van der Waals surface area (Å²) < 4.78 is 11.3. The van der Waals surface area contributed by atoms with Crippen molar-refractivity contribution in [2.24, 2.45) is 0 Å². The summed E-state index contributed by atoms with van der Waals surface area (Å²) in [6, 6.07) is 8.51. The van der Waals surface area contributed by atoms with Gasteiger partial charge in [-0.05, 0) is 11.6 Å². The number of nitrogens with one attached hydrogen (secondary N) is 1. The van der Waals surface area contributed by atoms with E-state index in [1.165, 1.54) is 11.3 Å². The van der Waals surface area contributed by atoms with Gasteiger partial charge in [-0.1, -0.05) is 23.4 Å². The van der Waals surface area contributed by atoms with Crippen LogP contribution in [0.5, 0.6) is 5.75 Å². The normalized spacial score (nSPS) is 24.6. The van der Waals surface area contributed by atoms with E-state index in [1.54, 1.807) is 0 Å². The van der Waals surface area contributed by atoms with Crippen molar-refractivity contribution in [1.82, 2.24) is 15.5 Å². The molecule has 0 bridgehead atoms. The number of hydrogen-bond donors (Lipinski definition) is 1. The molecule has 2 aromatic rings. The smallest absolute Gasteiger partial charge is 0.228 e. The maximum absolute atomic E-state index is 5.89. The first kappa shape index (κ1) is 13.2. The average molecular weight is 303 g/mol. The molecule has 6 heteroatoms. The zero-order valence-electron chi connectivity index (χ0n) is 11.6. The number of thioether (sulfide) groups is 1. The van der Waals surface area contributed by atoms with E-state index in [-0.39, 0.29) is 6.10 Å². The third-order valence-electron chi connectivity index (χ3n) is 3.84. The molecule has 21 heavy (non-hydrogen) atoms. The van der Waals surface area contributed by atoms with Crippen molar-refractivity contribution in [2.75, 3.05) is 18.1 Å². The molecule has 3 heterocycles. The standard InChI is InChI=1S/C15H17N3O2S/c1-2-4-12-10(3-1)7-13(19-12)15-17-14(20-18-15)8-11-9-21-6-5-16-11/h1-4,11,13,16H,5-9H2. The molecule has 2 unspecified atom stereocenters. The highest BCUT2D eigenvalue weighted by Gasteiger charge is 2.28. The number of aromatic nitrogens is 2. The van der Waals surface area contributed by atoms with E-state index in [0.717, 1.165) is 30.9 Å². The highest BCUT2D eigenvalue weighted by atomic mass is 32.2. The topological polar surface area (TPSA) is 60.2 Å². The highest BCUT2D eigenvalue weighted by molar-refractivity contribution is 7.99. The first-order valence-electron chi connectivity index (χ1n) is 7.26. The van der Waals surface area contributed by atoms with Gasteiger partial charge in [0.1, 0.15) is 5.75 Å². The fourth-order valence-corrected chi connectivity index (χ4v) is 3.72. The lowest BCUT2D eigenvalue weighted by molar-refractivity contribution is 0.221. The minimum atomic E-state index is -0.117. The highest BCUT2D eigenvalue weighted by Crippen LogP contribution is 2.35. The quantitative estimate of drug-likeness (QED) is 0.936. The molecule has 0 saturated carbocycles. The molecule has 0 radical (unpaired) electrons. The first-order valence-corrected chi connectivity index (χ1v) is 8.42. The van der Waals surface area contributed by atoms with Crippen LogP contribution >= 0.6 is 11.8 Å². The Morgan fingerprint density at radius 1 is 1.33 bits per heavy atom. The summed E-state index contributed by atoms with van der Waals surface area (Å²) in [4.78, 5) is 4.52. The van der Waals surface area contributed by atoms with Crippen LogP contribution in [0.4, 0.5) is 0 Å². The van der Waals surface area contributed by atoms with Gasteiger partial charge in [0, 0.05) is 36.9 Å². The second kappa shape index (κ2) is 5.69. The average Bonchev–Trinajstić information content (AvgIpc) is 3.14. The number of fused-ring (bicyclic) bond motifs is 1. The second-order valence-electron chi connectivity index (χ2n) is 5.39. The van der Waals surface area contributed by atoms with E-state index in [1.807, 2.05) is 30.0 Å². The van der Waals surface area contributed by atoms with Crippen LogP contribution < -0.4 is 10.1 Å². The van der Waals surface area contributed by atoms with E-state index in [4.69, 9.17) is 9.26 Å². The van der Waals surface area contributed by atoms with Gasteiger partial charge in [0.15, 0.2) is 6.10 Å². The number of ether oxygens (including phenoxy) is 1. The van der Waals surface area contributed by atoms with Crippen molar-refractivity contribution >= 4 is 11.8 Å². The van der Waals surface area contributed by atoms with Crippen LogP contribution in [0.2, 0.25) is 0 Å². The molecule has 1 saturated heterocycles. The summed E-state index contributed by atoms with van der Waals surface area (Å²) in [6.07, 6.45) is 1.49. The first-order chi connectivity index (χ1) is 10.4. The number of nitrogens with zero attached hydrogens (tertiary/aromatic N) is 2. The van der Waals surface area contributed by atoms with Crippen LogP contribution in [0.25, 0.3) is 0 Å². The molecular weight excluding hydrogens is 286 g/mol. The molecule has 2 atom stereocenters. The molecular formula is C15H17N3O2S. The Morgan fingerprint density at radius 2 is 2.29 bits per heavy atom. The minimum absolute atomic E-state index is 0.117. The Hall–Kier alpha value is -1.53. The minimum Gasteiger partial charge on any atom is -0.482 e. The lowest BCUT2D eigenvalue weighted by atomic mass is 10.1. The lowest BCUT2D eigenvalue weighted by Gasteiger charge is -2.21. The maximum Gasteiger partial charge on any atom is 0.228 e. The fourth-order valence-electron chi connectivity index (χ4n) is 2.77. The third kappa shape index (κ3) is 2.78. The number of hydrogen-bond acceptors (Lipinski definition) is 6. The predicted octanol–water partition coefficient (Wildman–Crippen LogP) is 1.99. The lowest BCUT2D eigenvalue weighted by Crippen LogP contribution is -2.38. The Balaban J connectivity index is 1.43. The Labute approximate surface area is 127 Å². The Kier molecular flexibility index (Phi) is 3.57. The molecule has 1 aromatic heterocycles. The van der Waals surface area contributed by atoms with Crippen molar-refractivity contribution in [3.63, 3.8) is 0 Å². The van der Waals surface area contributed by atoms with Crippen LogP contribution in [0.15, 0.2) is 28.8 Å². The third-order valence-corrected chi connectivity index (χ3v) is 4.97. The van der Waals surface area contributed by atoms with Crippen LogP contribution in [0.1, 0.15) is 23.4 Å². The molecule has 4 rings (SSSR count). The summed E-state index contributed by atoms with van der Waals surface area (Å²) in [5, 5.41) is 7.58. The van der Waals surface area contributed by atoms with Gasteiger partial charge in [0.2, 0.25) is 11.7 Å². The summed E-state index contributed by atoms with van der Waals surface area (Å²) in [5.74, 6) is 4.57. The molecule has 110 valence electrons. The van der Waals surface area contributed by atoms with Gasteiger partial charge in [0.25, 0.3) is 0 Å². The van der Waals surface area contributed by atoms with Crippen LogP contribution in [0.3, 0.4) is 0 Å². The van der Waals surface area contributed by atoms with Gasteiger partial charge in [-0.3, -0.25) is 0 Å². The second-order valence-corrected chi connectivity index (χ2v) is 6.54. The van der Waals surface area contributed by atoms with E-state index in [0.29, 0.717) is 17.8 Å². The van der Waals surface area contributed by atoms with Gasteiger partial charge in [-0.15, -0.1) is 0 Å². The van der Waals surface area contributed by atoms with Crippen LogP contribution in [0, 0.1) is 0 Å². The number of benzene rings is 1. The van der Waals surface area contributed by atoms with E-state index in [9.17, 15) is 0 Å². The van der Waals surface area contributed by atoms with Crippen LogP contribution in [-0.4, -0.2) is 34.2 Å². The summed E-state index contributed by atoms with van der Waals surface area (Å²) in [5.41, 5.74) is 1.21.